The number of benzene rings is 2. The van der Waals surface area contributed by atoms with Crippen LogP contribution in [0.2, 0.25) is 0 Å². The maximum absolute atomic E-state index is 12.7. The Bertz CT molecular complexity index is 693. The Morgan fingerprint density at radius 1 is 1.12 bits per heavy atom. The Hall–Kier alpha value is -2.21. The SMILES string of the molecule is O=C(N[C@@H](CO)[C@@H](O)c1ccccc1)[C@@H]1CC(c2ccccc2)CCN1. The Morgan fingerprint density at radius 3 is 2.42 bits per heavy atom. The minimum absolute atomic E-state index is 0.181. The van der Waals surface area contributed by atoms with Crippen molar-refractivity contribution in [3.63, 3.8) is 0 Å². The van der Waals surface area contributed by atoms with Crippen LogP contribution in [-0.4, -0.2) is 41.4 Å². The summed E-state index contributed by atoms with van der Waals surface area (Å²) in [6.45, 7) is 0.444. The van der Waals surface area contributed by atoms with Crippen molar-refractivity contribution < 1.29 is 15.0 Å². The maximum atomic E-state index is 12.7. The van der Waals surface area contributed by atoms with Gasteiger partial charge in [0.05, 0.1) is 18.7 Å². The number of aliphatic hydroxyl groups is 2. The molecule has 1 heterocycles. The monoisotopic (exact) mass is 354 g/mol. The number of piperidine rings is 1. The molecule has 4 N–H and O–H groups in total. The summed E-state index contributed by atoms with van der Waals surface area (Å²) in [7, 11) is 0. The van der Waals surface area contributed by atoms with E-state index >= 15 is 0 Å². The van der Waals surface area contributed by atoms with E-state index in [-0.39, 0.29) is 18.6 Å². The van der Waals surface area contributed by atoms with Gasteiger partial charge in [0.2, 0.25) is 5.91 Å². The fourth-order valence-electron chi connectivity index (χ4n) is 3.54. The minimum Gasteiger partial charge on any atom is -0.394 e. The van der Waals surface area contributed by atoms with Crippen molar-refractivity contribution in [2.24, 2.45) is 0 Å². The Labute approximate surface area is 154 Å². The van der Waals surface area contributed by atoms with Gasteiger partial charge in [-0.25, -0.2) is 0 Å². The van der Waals surface area contributed by atoms with E-state index in [4.69, 9.17) is 0 Å². The molecule has 3 rings (SSSR count). The quantitative estimate of drug-likeness (QED) is 0.637. The summed E-state index contributed by atoms with van der Waals surface area (Å²) in [4.78, 5) is 12.7. The largest absolute Gasteiger partial charge is 0.394 e. The summed E-state index contributed by atoms with van der Waals surface area (Å²) in [5.41, 5.74) is 1.92. The molecule has 1 aliphatic rings. The first-order chi connectivity index (χ1) is 12.7. The van der Waals surface area contributed by atoms with Crippen LogP contribution in [-0.2, 0) is 4.79 Å². The van der Waals surface area contributed by atoms with E-state index < -0.39 is 12.1 Å². The Balaban J connectivity index is 1.62. The van der Waals surface area contributed by atoms with Crippen molar-refractivity contribution in [2.45, 2.75) is 36.9 Å². The van der Waals surface area contributed by atoms with Crippen LogP contribution in [0.4, 0.5) is 0 Å². The van der Waals surface area contributed by atoms with Crippen molar-refractivity contribution >= 4 is 5.91 Å². The van der Waals surface area contributed by atoms with Gasteiger partial charge in [0, 0.05) is 0 Å². The minimum atomic E-state index is -0.946. The third-order valence-corrected chi connectivity index (χ3v) is 5.04. The summed E-state index contributed by atoms with van der Waals surface area (Å²) in [6.07, 6.45) is 0.748. The zero-order valence-corrected chi connectivity index (χ0v) is 14.7. The molecular weight excluding hydrogens is 328 g/mol. The number of carbonyl (C=O) groups is 1. The number of amides is 1. The first-order valence-corrected chi connectivity index (χ1v) is 9.11. The Morgan fingerprint density at radius 2 is 1.77 bits per heavy atom. The van der Waals surface area contributed by atoms with Crippen LogP contribution in [0.3, 0.4) is 0 Å². The van der Waals surface area contributed by atoms with E-state index in [2.05, 4.69) is 22.8 Å². The maximum Gasteiger partial charge on any atom is 0.237 e. The van der Waals surface area contributed by atoms with Gasteiger partial charge in [0.15, 0.2) is 0 Å². The van der Waals surface area contributed by atoms with Gasteiger partial charge in [-0.3, -0.25) is 4.79 Å². The molecule has 1 saturated heterocycles. The van der Waals surface area contributed by atoms with Gasteiger partial charge >= 0.3 is 0 Å². The first-order valence-electron chi connectivity index (χ1n) is 9.11. The lowest BCUT2D eigenvalue weighted by atomic mass is 9.86. The van der Waals surface area contributed by atoms with E-state index in [1.54, 1.807) is 12.1 Å². The van der Waals surface area contributed by atoms with Gasteiger partial charge in [0.1, 0.15) is 6.10 Å². The normalized spacial score (nSPS) is 22.4. The molecule has 0 saturated carbocycles. The van der Waals surface area contributed by atoms with E-state index in [0.717, 1.165) is 13.0 Å². The molecule has 1 fully saturated rings. The van der Waals surface area contributed by atoms with E-state index in [0.29, 0.717) is 17.9 Å². The molecule has 1 unspecified atom stereocenters. The summed E-state index contributed by atoms with van der Waals surface area (Å²) in [6, 6.07) is 18.2. The Kier molecular flexibility index (Phi) is 6.39. The topological polar surface area (TPSA) is 81.6 Å². The van der Waals surface area contributed by atoms with E-state index in [1.807, 2.05) is 36.4 Å². The van der Waals surface area contributed by atoms with Gasteiger partial charge in [0.25, 0.3) is 0 Å². The molecular formula is C21H26N2O3. The summed E-state index contributed by atoms with van der Waals surface area (Å²) >= 11 is 0. The molecule has 1 aliphatic heterocycles. The molecule has 0 aliphatic carbocycles. The number of aliphatic hydroxyl groups excluding tert-OH is 2. The molecule has 26 heavy (non-hydrogen) atoms. The molecule has 2 aromatic carbocycles. The zero-order valence-electron chi connectivity index (χ0n) is 14.7. The molecule has 138 valence electrons. The van der Waals surface area contributed by atoms with Crippen molar-refractivity contribution in [1.82, 2.24) is 10.6 Å². The van der Waals surface area contributed by atoms with Gasteiger partial charge in [-0.1, -0.05) is 60.7 Å². The number of hydrogen-bond acceptors (Lipinski definition) is 4. The second-order valence-corrected chi connectivity index (χ2v) is 6.79. The van der Waals surface area contributed by atoms with Crippen molar-refractivity contribution in [2.75, 3.05) is 13.2 Å². The molecule has 0 spiro atoms. The highest BCUT2D eigenvalue weighted by atomic mass is 16.3. The second kappa shape index (κ2) is 8.94. The molecule has 1 amide bonds. The highest BCUT2D eigenvalue weighted by Gasteiger charge is 2.30. The molecule has 0 aromatic heterocycles. The molecule has 5 heteroatoms. The third-order valence-electron chi connectivity index (χ3n) is 5.04. The molecule has 4 atom stereocenters. The average molecular weight is 354 g/mol. The summed E-state index contributed by atoms with van der Waals surface area (Å²) < 4.78 is 0. The number of nitrogens with one attached hydrogen (secondary N) is 2. The third kappa shape index (κ3) is 4.49. The van der Waals surface area contributed by atoms with Gasteiger partial charge in [-0.2, -0.15) is 0 Å². The lowest BCUT2D eigenvalue weighted by molar-refractivity contribution is -0.126. The van der Waals surface area contributed by atoms with Crippen LogP contribution in [0.1, 0.15) is 36.0 Å². The highest BCUT2D eigenvalue weighted by Crippen LogP contribution is 2.27. The smallest absolute Gasteiger partial charge is 0.237 e. The van der Waals surface area contributed by atoms with Gasteiger partial charge in [-0.05, 0) is 36.4 Å². The van der Waals surface area contributed by atoms with Gasteiger partial charge in [-0.15, -0.1) is 0 Å². The summed E-state index contributed by atoms with van der Waals surface area (Å²) in [5.74, 6) is 0.152. The van der Waals surface area contributed by atoms with Crippen LogP contribution in [0, 0.1) is 0 Å². The lowest BCUT2D eigenvalue weighted by Crippen LogP contribution is -2.53. The first kappa shape index (κ1) is 18.6. The second-order valence-electron chi connectivity index (χ2n) is 6.79. The zero-order chi connectivity index (χ0) is 18.4. The fraction of sp³-hybridized carbons (Fsp3) is 0.381. The number of carbonyl (C=O) groups excluding carboxylic acids is 1. The molecule has 0 bridgehead atoms. The fourth-order valence-corrected chi connectivity index (χ4v) is 3.54. The molecule has 2 aromatic rings. The van der Waals surface area contributed by atoms with Crippen LogP contribution < -0.4 is 10.6 Å². The van der Waals surface area contributed by atoms with E-state index in [9.17, 15) is 15.0 Å². The van der Waals surface area contributed by atoms with Crippen LogP contribution in [0.5, 0.6) is 0 Å². The van der Waals surface area contributed by atoms with Crippen LogP contribution in [0.25, 0.3) is 0 Å². The standard InChI is InChI=1S/C21H26N2O3/c24-14-19(20(25)16-9-5-2-6-10-16)23-21(26)18-13-17(11-12-22-18)15-7-3-1-4-8-15/h1-10,17-20,22,24-25H,11-14H2,(H,23,26)/t17?,18-,19-,20-/m0/s1. The predicted molar refractivity (Wildman–Crippen MR) is 101 cm³/mol. The molecule has 5 nitrogen and oxygen atoms in total. The van der Waals surface area contributed by atoms with Crippen molar-refractivity contribution in [3.8, 4) is 0 Å². The number of hydrogen-bond donors (Lipinski definition) is 4. The predicted octanol–water partition coefficient (Wildman–Crippen LogP) is 1.73. The van der Waals surface area contributed by atoms with E-state index in [1.165, 1.54) is 5.56 Å². The lowest BCUT2D eigenvalue weighted by Gasteiger charge is -2.31. The number of rotatable bonds is 6. The van der Waals surface area contributed by atoms with Gasteiger partial charge < -0.3 is 20.8 Å². The average Bonchev–Trinajstić information content (AvgIpc) is 2.72. The molecule has 0 radical (unpaired) electrons. The van der Waals surface area contributed by atoms with Crippen molar-refractivity contribution in [3.05, 3.63) is 71.8 Å². The highest BCUT2D eigenvalue weighted by molar-refractivity contribution is 5.82. The van der Waals surface area contributed by atoms with Crippen molar-refractivity contribution in [1.29, 1.82) is 0 Å². The summed E-state index contributed by atoms with van der Waals surface area (Å²) in [5, 5.41) is 26.2. The van der Waals surface area contributed by atoms with Crippen LogP contribution >= 0.6 is 0 Å². The van der Waals surface area contributed by atoms with Crippen LogP contribution in [0.15, 0.2) is 60.7 Å².